The van der Waals surface area contributed by atoms with E-state index in [4.69, 9.17) is 4.74 Å². The molecule has 8 heteroatoms. The topological polar surface area (TPSA) is 45.7 Å². The van der Waals surface area contributed by atoms with E-state index < -0.39 is 11.6 Å². The molecule has 5 nitrogen and oxygen atoms in total. The van der Waals surface area contributed by atoms with Crippen molar-refractivity contribution in [2.24, 2.45) is 0 Å². The average molecular weight is 434 g/mol. The van der Waals surface area contributed by atoms with Crippen LogP contribution < -0.4 is 9.64 Å². The van der Waals surface area contributed by atoms with Gasteiger partial charge in [-0.1, -0.05) is 42.9 Å². The molecule has 0 saturated carbocycles. The number of carbonyl (C=O) groups is 1. The average Bonchev–Trinajstić information content (AvgIpc) is 3.14. The van der Waals surface area contributed by atoms with E-state index in [1.165, 1.54) is 11.0 Å². The van der Waals surface area contributed by atoms with Gasteiger partial charge in [-0.15, -0.1) is 0 Å². The lowest BCUT2D eigenvalue weighted by atomic mass is 10.2. The van der Waals surface area contributed by atoms with Crippen LogP contribution in [-0.4, -0.2) is 48.6 Å². The molecule has 0 aliphatic carbocycles. The van der Waals surface area contributed by atoms with Crippen LogP contribution in [0.25, 0.3) is 10.2 Å². The number of carbonyl (C=O) groups excluding carboxylic acids is 1. The lowest BCUT2D eigenvalue weighted by Gasteiger charge is -2.24. The van der Waals surface area contributed by atoms with Crippen LogP contribution in [0.1, 0.15) is 19.4 Å². The lowest BCUT2D eigenvalue weighted by molar-refractivity contribution is -0.120. The number of nitrogens with zero attached hydrogens (tertiary/aromatic N) is 3. The number of halogens is 2. The first-order valence-electron chi connectivity index (χ1n) is 9.89. The van der Waals surface area contributed by atoms with Crippen molar-refractivity contribution in [3.8, 4) is 5.75 Å². The molecule has 0 aliphatic rings. The number of likely N-dealkylation sites (N-methyl/N-ethyl adjacent to an activating group) is 1. The van der Waals surface area contributed by atoms with Crippen LogP contribution in [0.3, 0.4) is 0 Å². The quantitative estimate of drug-likeness (QED) is 0.493. The minimum atomic E-state index is -0.737. The number of hydrogen-bond donors (Lipinski definition) is 0. The van der Waals surface area contributed by atoms with E-state index in [1.54, 1.807) is 12.1 Å². The van der Waals surface area contributed by atoms with Gasteiger partial charge in [0.25, 0.3) is 5.91 Å². The molecule has 1 heterocycles. The van der Waals surface area contributed by atoms with Crippen molar-refractivity contribution >= 4 is 32.6 Å². The van der Waals surface area contributed by atoms with Crippen LogP contribution in [0.4, 0.5) is 13.9 Å². The predicted molar refractivity (Wildman–Crippen MR) is 116 cm³/mol. The maximum absolute atomic E-state index is 14.1. The minimum absolute atomic E-state index is 0.0662. The highest BCUT2D eigenvalue weighted by Crippen LogP contribution is 2.31. The molecule has 0 atom stereocenters. The number of fused-ring (bicyclic) bond motifs is 1. The Morgan fingerprint density at radius 1 is 1.10 bits per heavy atom. The Balaban J connectivity index is 1.82. The van der Waals surface area contributed by atoms with Gasteiger partial charge in [-0.3, -0.25) is 9.69 Å². The maximum Gasteiger partial charge on any atom is 0.266 e. The normalized spacial score (nSPS) is 11.3. The molecule has 0 saturated heterocycles. The Morgan fingerprint density at radius 2 is 1.80 bits per heavy atom. The van der Waals surface area contributed by atoms with Crippen LogP contribution in [-0.2, 0) is 4.79 Å². The van der Waals surface area contributed by atoms with E-state index >= 15 is 0 Å². The first kappa shape index (κ1) is 22.1. The zero-order valence-corrected chi connectivity index (χ0v) is 18.1. The number of hydrogen-bond acceptors (Lipinski definition) is 5. The zero-order chi connectivity index (χ0) is 21.7. The summed E-state index contributed by atoms with van der Waals surface area (Å²) in [6.07, 6.45) is 0. The third kappa shape index (κ3) is 5.31. The number of anilines is 1. The van der Waals surface area contributed by atoms with Crippen molar-refractivity contribution in [2.75, 3.05) is 37.7 Å². The molecule has 1 aromatic heterocycles. The monoisotopic (exact) mass is 433 g/mol. The number of aryl methyl sites for hydroxylation is 1. The summed E-state index contributed by atoms with van der Waals surface area (Å²) in [6.45, 7) is 8.60. The van der Waals surface area contributed by atoms with Gasteiger partial charge in [0.05, 0.1) is 4.70 Å². The summed E-state index contributed by atoms with van der Waals surface area (Å²) in [6, 6.07) is 9.45. The summed E-state index contributed by atoms with van der Waals surface area (Å²) in [5, 5.41) is 0.333. The largest absolute Gasteiger partial charge is 0.484 e. The van der Waals surface area contributed by atoms with Crippen LogP contribution in [0, 0.1) is 18.6 Å². The van der Waals surface area contributed by atoms with Gasteiger partial charge in [0.1, 0.15) is 17.1 Å². The highest BCUT2D eigenvalue weighted by atomic mass is 32.1. The SMILES string of the molecule is CCN(CC)CCN(C(=O)COc1ccc(C)cc1)c1nc2c(F)cc(F)cc2s1. The Morgan fingerprint density at radius 3 is 2.47 bits per heavy atom. The van der Waals surface area contributed by atoms with E-state index in [9.17, 15) is 13.6 Å². The maximum atomic E-state index is 14.1. The molecule has 0 fully saturated rings. The number of thiazole rings is 1. The Bertz CT molecular complexity index is 1000. The number of ether oxygens (including phenoxy) is 1. The van der Waals surface area contributed by atoms with Crippen molar-refractivity contribution in [3.05, 3.63) is 53.6 Å². The van der Waals surface area contributed by atoms with Gasteiger partial charge in [-0.05, 0) is 38.2 Å². The van der Waals surface area contributed by atoms with E-state index in [0.29, 0.717) is 28.7 Å². The summed E-state index contributed by atoms with van der Waals surface area (Å²) in [7, 11) is 0. The molecule has 0 N–H and O–H groups in total. The predicted octanol–water partition coefficient (Wildman–Crippen LogP) is 4.64. The molecular weight excluding hydrogens is 408 g/mol. The second-order valence-corrected chi connectivity index (χ2v) is 7.91. The van der Waals surface area contributed by atoms with Crippen molar-refractivity contribution in [3.63, 3.8) is 0 Å². The summed E-state index contributed by atoms with van der Waals surface area (Å²) < 4.78 is 33.7. The van der Waals surface area contributed by atoms with Gasteiger partial charge in [-0.25, -0.2) is 13.8 Å². The van der Waals surface area contributed by atoms with Crippen molar-refractivity contribution in [1.82, 2.24) is 9.88 Å². The zero-order valence-electron chi connectivity index (χ0n) is 17.3. The molecule has 30 heavy (non-hydrogen) atoms. The molecule has 3 rings (SSSR count). The van der Waals surface area contributed by atoms with Gasteiger partial charge >= 0.3 is 0 Å². The van der Waals surface area contributed by atoms with Crippen LogP contribution >= 0.6 is 11.3 Å². The summed E-state index contributed by atoms with van der Waals surface area (Å²) in [5.74, 6) is -1.10. The molecule has 0 bridgehead atoms. The molecule has 2 aromatic carbocycles. The van der Waals surface area contributed by atoms with Crippen LogP contribution in [0.15, 0.2) is 36.4 Å². The second kappa shape index (κ2) is 9.95. The first-order chi connectivity index (χ1) is 14.4. The van der Waals surface area contributed by atoms with E-state index in [0.717, 1.165) is 36.1 Å². The third-order valence-corrected chi connectivity index (χ3v) is 5.88. The molecule has 0 unspecified atom stereocenters. The Kier molecular flexibility index (Phi) is 7.33. The lowest BCUT2D eigenvalue weighted by Crippen LogP contribution is -2.41. The standard InChI is InChI=1S/C22H25F2N3O2S/c1-4-26(5-2)10-11-27(20(28)14-29-17-8-6-15(3)7-9-17)22-25-21-18(24)12-16(23)13-19(21)30-22/h6-9,12-13H,4-5,10-11,14H2,1-3H3. The highest BCUT2D eigenvalue weighted by molar-refractivity contribution is 7.22. The summed E-state index contributed by atoms with van der Waals surface area (Å²) in [5.41, 5.74) is 1.16. The molecule has 0 aliphatic heterocycles. The van der Waals surface area contributed by atoms with Gasteiger partial charge in [0.2, 0.25) is 0 Å². The van der Waals surface area contributed by atoms with E-state index in [-0.39, 0.29) is 18.0 Å². The molecule has 3 aromatic rings. The molecular formula is C22H25F2N3O2S. The van der Waals surface area contributed by atoms with Crippen LogP contribution in [0.5, 0.6) is 5.75 Å². The summed E-state index contributed by atoms with van der Waals surface area (Å²) >= 11 is 1.09. The van der Waals surface area contributed by atoms with Gasteiger partial charge in [-0.2, -0.15) is 0 Å². The number of aromatic nitrogens is 1. The van der Waals surface area contributed by atoms with Crippen LogP contribution in [0.2, 0.25) is 0 Å². The van der Waals surface area contributed by atoms with Gasteiger partial charge in [0.15, 0.2) is 17.6 Å². The molecule has 0 radical (unpaired) electrons. The van der Waals surface area contributed by atoms with E-state index in [1.807, 2.05) is 32.9 Å². The fourth-order valence-corrected chi connectivity index (χ4v) is 4.07. The van der Waals surface area contributed by atoms with Gasteiger partial charge < -0.3 is 9.64 Å². The second-order valence-electron chi connectivity index (χ2n) is 6.90. The first-order valence-corrected chi connectivity index (χ1v) is 10.7. The number of amides is 1. The van der Waals surface area contributed by atoms with Crippen molar-refractivity contribution < 1.29 is 18.3 Å². The fourth-order valence-electron chi connectivity index (χ4n) is 3.03. The third-order valence-electron chi connectivity index (χ3n) is 4.85. The highest BCUT2D eigenvalue weighted by Gasteiger charge is 2.22. The molecule has 0 spiro atoms. The molecule has 160 valence electrons. The van der Waals surface area contributed by atoms with Crippen molar-refractivity contribution in [2.45, 2.75) is 20.8 Å². The minimum Gasteiger partial charge on any atom is -0.484 e. The number of benzene rings is 2. The smallest absolute Gasteiger partial charge is 0.266 e. The fraction of sp³-hybridized carbons (Fsp3) is 0.364. The Labute approximate surface area is 178 Å². The number of rotatable bonds is 9. The molecule has 1 amide bonds. The van der Waals surface area contributed by atoms with E-state index in [2.05, 4.69) is 9.88 Å². The Hall–Kier alpha value is -2.58. The van der Waals surface area contributed by atoms with Gasteiger partial charge in [0, 0.05) is 19.2 Å². The van der Waals surface area contributed by atoms with Crippen molar-refractivity contribution in [1.29, 1.82) is 0 Å². The summed E-state index contributed by atoms with van der Waals surface area (Å²) in [4.78, 5) is 20.9.